The third-order valence-corrected chi connectivity index (χ3v) is 2.48. The van der Waals surface area contributed by atoms with Gasteiger partial charge in [0.25, 0.3) is 0 Å². The average Bonchev–Trinajstić information content (AvgIpc) is 2.86. The SMILES string of the molecule is O=C(c1ccc(C(F)(F)F)cc1)c1nc(CO)c[nH]1. The third-order valence-electron chi connectivity index (χ3n) is 2.48. The van der Waals surface area contributed by atoms with Crippen molar-refractivity contribution in [1.29, 1.82) is 0 Å². The maximum atomic E-state index is 12.4. The van der Waals surface area contributed by atoms with E-state index in [9.17, 15) is 18.0 Å². The molecule has 1 aromatic heterocycles. The molecule has 19 heavy (non-hydrogen) atoms. The first-order chi connectivity index (χ1) is 8.91. The number of hydrogen-bond donors (Lipinski definition) is 2. The number of carbonyl (C=O) groups excluding carboxylic acids is 1. The minimum absolute atomic E-state index is 0.0243. The third kappa shape index (κ3) is 2.82. The molecular weight excluding hydrogens is 261 g/mol. The highest BCUT2D eigenvalue weighted by atomic mass is 19.4. The molecule has 7 heteroatoms. The van der Waals surface area contributed by atoms with Crippen LogP contribution in [-0.2, 0) is 12.8 Å². The second-order valence-electron chi connectivity index (χ2n) is 3.80. The van der Waals surface area contributed by atoms with Gasteiger partial charge in [0.05, 0.1) is 17.9 Å². The second kappa shape index (κ2) is 4.85. The van der Waals surface area contributed by atoms with E-state index < -0.39 is 17.5 Å². The van der Waals surface area contributed by atoms with Crippen molar-refractivity contribution in [1.82, 2.24) is 9.97 Å². The Morgan fingerprint density at radius 1 is 1.26 bits per heavy atom. The zero-order valence-corrected chi connectivity index (χ0v) is 9.53. The normalized spacial score (nSPS) is 11.6. The lowest BCUT2D eigenvalue weighted by molar-refractivity contribution is -0.137. The van der Waals surface area contributed by atoms with Crippen LogP contribution in [0.2, 0.25) is 0 Å². The monoisotopic (exact) mass is 270 g/mol. The van der Waals surface area contributed by atoms with Gasteiger partial charge in [-0.1, -0.05) is 12.1 Å². The van der Waals surface area contributed by atoms with Gasteiger partial charge in [0.15, 0.2) is 5.82 Å². The van der Waals surface area contributed by atoms with Crippen LogP contribution in [-0.4, -0.2) is 20.9 Å². The summed E-state index contributed by atoms with van der Waals surface area (Å²) in [7, 11) is 0. The van der Waals surface area contributed by atoms with Gasteiger partial charge >= 0.3 is 6.18 Å². The number of rotatable bonds is 3. The Kier molecular flexibility index (Phi) is 3.39. The van der Waals surface area contributed by atoms with Crippen LogP contribution in [0.15, 0.2) is 30.5 Å². The maximum Gasteiger partial charge on any atom is 0.416 e. The van der Waals surface area contributed by atoms with Crippen molar-refractivity contribution in [2.75, 3.05) is 0 Å². The fourth-order valence-electron chi connectivity index (χ4n) is 1.50. The van der Waals surface area contributed by atoms with Gasteiger partial charge in [-0.2, -0.15) is 13.2 Å². The van der Waals surface area contributed by atoms with Gasteiger partial charge in [0, 0.05) is 11.8 Å². The largest absolute Gasteiger partial charge is 0.416 e. The summed E-state index contributed by atoms with van der Waals surface area (Å²) in [5, 5.41) is 8.81. The van der Waals surface area contributed by atoms with Gasteiger partial charge in [-0.3, -0.25) is 4.79 Å². The summed E-state index contributed by atoms with van der Waals surface area (Å²) >= 11 is 0. The molecule has 0 aliphatic heterocycles. The van der Waals surface area contributed by atoms with Gasteiger partial charge in [-0.25, -0.2) is 4.98 Å². The lowest BCUT2D eigenvalue weighted by atomic mass is 10.1. The fourth-order valence-corrected chi connectivity index (χ4v) is 1.50. The van der Waals surface area contributed by atoms with Crippen LogP contribution in [0.4, 0.5) is 13.2 Å². The van der Waals surface area contributed by atoms with E-state index in [0.29, 0.717) is 0 Å². The number of carbonyl (C=O) groups is 1. The molecule has 2 aromatic rings. The minimum Gasteiger partial charge on any atom is -0.390 e. The Labute approximate surface area is 105 Å². The number of alkyl halides is 3. The molecule has 0 saturated carbocycles. The number of aliphatic hydroxyl groups excluding tert-OH is 1. The molecule has 0 saturated heterocycles. The molecule has 0 fully saturated rings. The summed E-state index contributed by atoms with van der Waals surface area (Å²) < 4.78 is 37.1. The van der Waals surface area contributed by atoms with E-state index in [-0.39, 0.29) is 23.7 Å². The van der Waals surface area contributed by atoms with E-state index >= 15 is 0 Å². The number of nitrogens with one attached hydrogen (secondary N) is 1. The first kappa shape index (κ1) is 13.3. The van der Waals surface area contributed by atoms with E-state index in [1.165, 1.54) is 6.20 Å². The highest BCUT2D eigenvalue weighted by molar-refractivity contribution is 6.06. The van der Waals surface area contributed by atoms with Crippen LogP contribution in [0.25, 0.3) is 0 Å². The molecule has 2 rings (SSSR count). The van der Waals surface area contributed by atoms with Gasteiger partial charge in [0.1, 0.15) is 0 Å². The summed E-state index contributed by atoms with van der Waals surface area (Å²) in [6.45, 7) is -0.323. The molecule has 0 bridgehead atoms. The van der Waals surface area contributed by atoms with Crippen LogP contribution in [0.5, 0.6) is 0 Å². The highest BCUT2D eigenvalue weighted by Crippen LogP contribution is 2.29. The van der Waals surface area contributed by atoms with E-state index in [4.69, 9.17) is 5.11 Å². The lowest BCUT2D eigenvalue weighted by Gasteiger charge is -2.06. The van der Waals surface area contributed by atoms with Gasteiger partial charge in [-0.05, 0) is 12.1 Å². The summed E-state index contributed by atoms with van der Waals surface area (Å²) in [6, 6.07) is 3.85. The Balaban J connectivity index is 2.25. The zero-order valence-electron chi connectivity index (χ0n) is 9.53. The average molecular weight is 270 g/mol. The molecule has 2 N–H and O–H groups in total. The predicted octanol–water partition coefficient (Wildman–Crippen LogP) is 2.15. The molecule has 100 valence electrons. The molecular formula is C12H9F3N2O2. The molecule has 0 unspecified atom stereocenters. The first-order valence-electron chi connectivity index (χ1n) is 5.29. The van der Waals surface area contributed by atoms with E-state index in [1.54, 1.807) is 0 Å². The molecule has 0 spiro atoms. The van der Waals surface area contributed by atoms with E-state index in [2.05, 4.69) is 9.97 Å². The highest BCUT2D eigenvalue weighted by Gasteiger charge is 2.30. The number of aromatic nitrogens is 2. The van der Waals surface area contributed by atoms with E-state index in [0.717, 1.165) is 24.3 Å². The van der Waals surface area contributed by atoms with E-state index in [1.807, 2.05) is 0 Å². The molecule has 0 radical (unpaired) electrons. The number of aliphatic hydroxyl groups is 1. The van der Waals surface area contributed by atoms with Crippen LogP contribution in [0, 0.1) is 0 Å². The topological polar surface area (TPSA) is 66.0 Å². The second-order valence-corrected chi connectivity index (χ2v) is 3.80. The summed E-state index contributed by atoms with van der Waals surface area (Å²) in [5.74, 6) is -0.558. The summed E-state index contributed by atoms with van der Waals surface area (Å²) in [4.78, 5) is 18.2. The Bertz CT molecular complexity index is 588. The summed E-state index contributed by atoms with van der Waals surface area (Å²) in [6.07, 6.45) is -3.08. The minimum atomic E-state index is -4.43. The Morgan fingerprint density at radius 3 is 2.37 bits per heavy atom. The number of aromatic amines is 1. The molecule has 0 aliphatic carbocycles. The molecule has 0 atom stereocenters. The van der Waals surface area contributed by atoms with Crippen LogP contribution in [0.3, 0.4) is 0 Å². The van der Waals surface area contributed by atoms with Crippen molar-refractivity contribution >= 4 is 5.78 Å². The Hall–Kier alpha value is -2.15. The van der Waals surface area contributed by atoms with Crippen molar-refractivity contribution in [2.24, 2.45) is 0 Å². The number of hydrogen-bond acceptors (Lipinski definition) is 3. The van der Waals surface area contributed by atoms with Crippen LogP contribution in [0.1, 0.15) is 27.4 Å². The molecule has 1 aromatic carbocycles. The number of imidazole rings is 1. The number of benzene rings is 1. The van der Waals surface area contributed by atoms with Crippen LogP contribution < -0.4 is 0 Å². The molecule has 4 nitrogen and oxygen atoms in total. The quantitative estimate of drug-likeness (QED) is 0.840. The fraction of sp³-hybridized carbons (Fsp3) is 0.167. The molecule has 1 heterocycles. The smallest absolute Gasteiger partial charge is 0.390 e. The lowest BCUT2D eigenvalue weighted by Crippen LogP contribution is -2.07. The number of ketones is 1. The van der Waals surface area contributed by atoms with Crippen molar-refractivity contribution in [3.63, 3.8) is 0 Å². The molecule has 0 aliphatic rings. The summed E-state index contributed by atoms with van der Waals surface area (Å²) in [5.41, 5.74) is -0.443. The van der Waals surface area contributed by atoms with Gasteiger partial charge < -0.3 is 10.1 Å². The van der Waals surface area contributed by atoms with Crippen LogP contribution >= 0.6 is 0 Å². The predicted molar refractivity (Wildman–Crippen MR) is 59.4 cm³/mol. The Morgan fingerprint density at radius 2 is 1.89 bits per heavy atom. The maximum absolute atomic E-state index is 12.4. The number of halogens is 3. The van der Waals surface area contributed by atoms with Gasteiger partial charge in [-0.15, -0.1) is 0 Å². The first-order valence-corrected chi connectivity index (χ1v) is 5.29. The van der Waals surface area contributed by atoms with Crippen molar-refractivity contribution in [3.8, 4) is 0 Å². The standard InChI is InChI=1S/C12H9F3N2O2/c13-12(14,15)8-3-1-7(2-4-8)10(19)11-16-5-9(6-18)17-11/h1-5,18H,6H2,(H,16,17). The zero-order chi connectivity index (χ0) is 14.0. The van der Waals surface area contributed by atoms with Crippen molar-refractivity contribution < 1.29 is 23.1 Å². The number of H-pyrrole nitrogens is 1. The molecule has 0 amide bonds. The number of nitrogens with zero attached hydrogens (tertiary/aromatic N) is 1. The van der Waals surface area contributed by atoms with Crippen molar-refractivity contribution in [3.05, 3.63) is 53.1 Å². The van der Waals surface area contributed by atoms with Crippen molar-refractivity contribution in [2.45, 2.75) is 12.8 Å². The van der Waals surface area contributed by atoms with Gasteiger partial charge in [0.2, 0.25) is 5.78 Å².